The van der Waals surface area contributed by atoms with E-state index in [0.29, 0.717) is 5.56 Å². The van der Waals surface area contributed by atoms with Crippen molar-refractivity contribution in [3.63, 3.8) is 0 Å². The van der Waals surface area contributed by atoms with E-state index in [1.807, 2.05) is 0 Å². The van der Waals surface area contributed by atoms with Gasteiger partial charge in [0.25, 0.3) is 0 Å². The Labute approximate surface area is 67.6 Å². The highest BCUT2D eigenvalue weighted by atomic mass is 16.4. The van der Waals surface area contributed by atoms with Crippen LogP contribution >= 0.6 is 0 Å². The monoisotopic (exact) mass is 150 g/mol. The van der Waals surface area contributed by atoms with Crippen LogP contribution in [0.4, 0.5) is 0 Å². The van der Waals surface area contributed by atoms with Gasteiger partial charge in [-0.05, 0) is 11.6 Å². The van der Waals surface area contributed by atoms with Gasteiger partial charge in [0, 0.05) is 6.05 Å². The van der Waals surface area contributed by atoms with Crippen molar-refractivity contribution in [1.82, 2.24) is 0 Å². The molecule has 1 aromatic rings. The SMILES string of the molecule is [2H]C(C(=O)O)=C([2H])c1ccccc1. The van der Waals surface area contributed by atoms with Crippen LogP contribution in [0.1, 0.15) is 8.30 Å². The Morgan fingerprint density at radius 3 is 2.64 bits per heavy atom. The minimum Gasteiger partial charge on any atom is -0.478 e. The lowest BCUT2D eigenvalue weighted by Crippen LogP contribution is -1.85. The van der Waals surface area contributed by atoms with Crippen molar-refractivity contribution in [3.8, 4) is 0 Å². The smallest absolute Gasteiger partial charge is 0.328 e. The Hall–Kier alpha value is -1.57. The lowest BCUT2D eigenvalue weighted by atomic mass is 10.2. The van der Waals surface area contributed by atoms with E-state index in [0.717, 1.165) is 0 Å². The molecule has 1 aromatic carbocycles. The van der Waals surface area contributed by atoms with E-state index in [1.54, 1.807) is 30.3 Å². The molecule has 0 heterocycles. The quantitative estimate of drug-likeness (QED) is 0.652. The molecule has 0 amide bonds. The summed E-state index contributed by atoms with van der Waals surface area (Å²) in [4.78, 5) is 10.3. The normalized spacial score (nSPS) is 14.5. The highest BCUT2D eigenvalue weighted by Crippen LogP contribution is 1.99. The lowest BCUT2D eigenvalue weighted by molar-refractivity contribution is -0.131. The molecule has 0 fully saturated rings. The van der Waals surface area contributed by atoms with Gasteiger partial charge in [-0.15, -0.1) is 0 Å². The maximum atomic E-state index is 10.3. The van der Waals surface area contributed by atoms with Crippen LogP contribution in [-0.2, 0) is 4.79 Å². The maximum Gasteiger partial charge on any atom is 0.328 e. The van der Waals surface area contributed by atoms with Gasteiger partial charge >= 0.3 is 5.97 Å². The van der Waals surface area contributed by atoms with E-state index >= 15 is 0 Å². The molecular formula is C9H8O2. The molecule has 0 aliphatic carbocycles. The molecule has 0 unspecified atom stereocenters. The van der Waals surface area contributed by atoms with Gasteiger partial charge < -0.3 is 5.11 Å². The van der Waals surface area contributed by atoms with Crippen LogP contribution < -0.4 is 0 Å². The molecule has 1 rings (SSSR count). The molecule has 0 spiro atoms. The van der Waals surface area contributed by atoms with Gasteiger partial charge in [0.05, 0.1) is 2.74 Å². The average Bonchev–Trinajstić information content (AvgIpc) is 2.17. The zero-order chi connectivity index (χ0) is 9.84. The maximum absolute atomic E-state index is 10.3. The molecule has 0 aromatic heterocycles. The highest BCUT2D eigenvalue weighted by molar-refractivity contribution is 5.85. The number of hydrogen-bond donors (Lipinski definition) is 1. The van der Waals surface area contributed by atoms with Crippen molar-refractivity contribution < 1.29 is 12.6 Å². The van der Waals surface area contributed by atoms with E-state index < -0.39 is 12.0 Å². The first-order valence-corrected chi connectivity index (χ1v) is 3.09. The lowest BCUT2D eigenvalue weighted by Gasteiger charge is -1.87. The van der Waals surface area contributed by atoms with Crippen molar-refractivity contribution >= 4 is 12.0 Å². The molecular weight excluding hydrogens is 140 g/mol. The molecule has 0 saturated carbocycles. The first-order valence-electron chi connectivity index (χ1n) is 4.09. The van der Waals surface area contributed by atoms with E-state index in [1.165, 1.54) is 0 Å². The standard InChI is InChI=1S/C9H8O2/c10-9(11)7-6-8-4-2-1-3-5-8/h1-7H,(H,10,11)/i6D,7D. The molecule has 56 valence electrons. The third kappa shape index (κ3) is 2.67. The fraction of sp³-hybridized carbons (Fsp3) is 0. The Morgan fingerprint density at radius 2 is 2.09 bits per heavy atom. The van der Waals surface area contributed by atoms with Crippen LogP contribution in [0.5, 0.6) is 0 Å². The Balaban J connectivity index is 3.11. The van der Waals surface area contributed by atoms with Crippen molar-refractivity contribution in [2.45, 2.75) is 0 Å². The zero-order valence-corrected chi connectivity index (χ0v) is 5.74. The number of carboxylic acid groups (broad SMARTS) is 1. The minimum atomic E-state index is -1.38. The number of carboxylic acids is 1. The minimum absolute atomic E-state index is 0.270. The fourth-order valence-electron chi connectivity index (χ4n) is 0.647. The van der Waals surface area contributed by atoms with Crippen molar-refractivity contribution in [2.24, 2.45) is 0 Å². The van der Waals surface area contributed by atoms with Gasteiger partial charge in [-0.2, -0.15) is 0 Å². The number of hydrogen-bond acceptors (Lipinski definition) is 1. The molecule has 0 aliphatic rings. The van der Waals surface area contributed by atoms with Crippen LogP contribution in [0.2, 0.25) is 0 Å². The summed E-state index contributed by atoms with van der Waals surface area (Å²) < 4.78 is 14.4. The van der Waals surface area contributed by atoms with Crippen molar-refractivity contribution in [1.29, 1.82) is 0 Å². The molecule has 0 aliphatic heterocycles. The first-order chi connectivity index (χ1) is 6.13. The largest absolute Gasteiger partial charge is 0.478 e. The van der Waals surface area contributed by atoms with Crippen molar-refractivity contribution in [3.05, 3.63) is 41.9 Å². The summed E-state index contributed by atoms with van der Waals surface area (Å²) >= 11 is 0. The van der Waals surface area contributed by atoms with Gasteiger partial charge in [0.1, 0.15) is 0 Å². The summed E-state index contributed by atoms with van der Waals surface area (Å²) in [6.45, 7) is 0. The van der Waals surface area contributed by atoms with Gasteiger partial charge in [-0.1, -0.05) is 30.3 Å². The predicted octanol–water partition coefficient (Wildman–Crippen LogP) is 1.78. The van der Waals surface area contributed by atoms with E-state index in [9.17, 15) is 4.79 Å². The second kappa shape index (κ2) is 3.56. The van der Waals surface area contributed by atoms with Crippen LogP contribution in [-0.4, -0.2) is 11.1 Å². The summed E-state index contributed by atoms with van der Waals surface area (Å²) in [5, 5.41) is 8.45. The Bertz CT molecular complexity index is 344. The van der Waals surface area contributed by atoms with Gasteiger partial charge in [0.15, 0.2) is 0 Å². The summed E-state index contributed by atoms with van der Waals surface area (Å²) in [5.41, 5.74) is 0.440. The van der Waals surface area contributed by atoms with Gasteiger partial charge in [-0.3, -0.25) is 0 Å². The molecule has 0 saturated heterocycles. The third-order valence-electron chi connectivity index (χ3n) is 1.09. The number of aliphatic carboxylic acids is 1. The summed E-state index contributed by atoms with van der Waals surface area (Å²) in [7, 11) is 0. The molecule has 11 heavy (non-hydrogen) atoms. The Kier molecular flexibility index (Phi) is 1.66. The molecule has 0 radical (unpaired) electrons. The summed E-state index contributed by atoms with van der Waals surface area (Å²) in [5.74, 6) is -1.38. The molecule has 1 N–H and O–H groups in total. The van der Waals surface area contributed by atoms with E-state index in [2.05, 4.69) is 0 Å². The second-order valence-electron chi connectivity index (χ2n) is 1.92. The number of carbonyl (C=O) groups is 1. The van der Waals surface area contributed by atoms with Crippen molar-refractivity contribution in [2.75, 3.05) is 0 Å². The average molecular weight is 150 g/mol. The number of benzene rings is 1. The topological polar surface area (TPSA) is 37.3 Å². The van der Waals surface area contributed by atoms with Crippen LogP contribution in [0.25, 0.3) is 6.05 Å². The Morgan fingerprint density at radius 1 is 1.45 bits per heavy atom. The van der Waals surface area contributed by atoms with E-state index in [4.69, 9.17) is 7.85 Å². The van der Waals surface area contributed by atoms with Crippen LogP contribution in [0.3, 0.4) is 0 Å². The van der Waals surface area contributed by atoms with Crippen LogP contribution in [0.15, 0.2) is 36.4 Å². The number of rotatable bonds is 2. The van der Waals surface area contributed by atoms with Gasteiger partial charge in [0.2, 0.25) is 0 Å². The molecule has 2 nitrogen and oxygen atoms in total. The summed E-state index contributed by atoms with van der Waals surface area (Å²) in [6.07, 6.45) is 0. The van der Waals surface area contributed by atoms with E-state index in [-0.39, 0.29) is 6.05 Å². The van der Waals surface area contributed by atoms with Crippen LogP contribution in [0, 0.1) is 0 Å². The third-order valence-corrected chi connectivity index (χ3v) is 1.09. The molecule has 0 atom stereocenters. The molecule has 0 bridgehead atoms. The second-order valence-corrected chi connectivity index (χ2v) is 1.92. The zero-order valence-electron chi connectivity index (χ0n) is 7.74. The van der Waals surface area contributed by atoms with Gasteiger partial charge in [-0.25, -0.2) is 4.79 Å². The predicted molar refractivity (Wildman–Crippen MR) is 43.1 cm³/mol. The summed E-state index contributed by atoms with van der Waals surface area (Å²) in [6, 6.07) is 7.39. The highest BCUT2D eigenvalue weighted by Gasteiger charge is 1.85. The molecule has 2 heteroatoms. The first kappa shape index (κ1) is 5.13. The fourth-order valence-corrected chi connectivity index (χ4v) is 0.647.